The first kappa shape index (κ1) is 16.0. The van der Waals surface area contributed by atoms with Crippen LogP contribution in [0, 0.1) is 0 Å². The normalized spacial score (nSPS) is 16.9. The topological polar surface area (TPSA) is 28.2 Å². The van der Waals surface area contributed by atoms with Gasteiger partial charge in [-0.2, -0.15) is 13.2 Å². The van der Waals surface area contributed by atoms with Gasteiger partial charge in [0, 0.05) is 31.8 Å². The van der Waals surface area contributed by atoms with E-state index >= 15 is 0 Å². The van der Waals surface area contributed by atoms with Gasteiger partial charge in [0.25, 0.3) is 0 Å². The summed E-state index contributed by atoms with van der Waals surface area (Å²) in [6.07, 6.45) is -2.84. The fourth-order valence-electron chi connectivity index (χ4n) is 2.31. The maximum atomic E-state index is 12.6. The van der Waals surface area contributed by atoms with Crippen LogP contribution in [-0.2, 0) is 13.1 Å². The highest BCUT2D eigenvalue weighted by Gasteiger charge is 2.34. The quantitative estimate of drug-likeness (QED) is 0.847. The second kappa shape index (κ2) is 7.04. The predicted molar refractivity (Wildman–Crippen MR) is 75.6 cm³/mol. The highest BCUT2D eigenvalue weighted by atomic mass is 19.4. The minimum Gasteiger partial charge on any atom is -0.311 e. The van der Waals surface area contributed by atoms with Crippen molar-refractivity contribution in [2.45, 2.75) is 32.6 Å². The summed E-state index contributed by atoms with van der Waals surface area (Å²) >= 11 is 0. The second-order valence-electron chi connectivity index (χ2n) is 5.11. The molecule has 0 spiro atoms. The summed E-state index contributed by atoms with van der Waals surface area (Å²) in [5.74, 6) is 0. The van der Waals surface area contributed by atoms with Crippen molar-refractivity contribution in [1.29, 1.82) is 0 Å². The van der Waals surface area contributed by atoms with E-state index in [9.17, 15) is 13.2 Å². The largest absolute Gasteiger partial charge is 0.412 e. The van der Waals surface area contributed by atoms with Gasteiger partial charge in [-0.1, -0.05) is 19.1 Å². The average Bonchev–Trinajstić information content (AvgIpc) is 2.45. The number of aromatic nitrogens is 1. The minimum absolute atomic E-state index is 0.0561. The molecule has 2 heterocycles. The summed E-state index contributed by atoms with van der Waals surface area (Å²) in [5.41, 5.74) is 1.44. The Morgan fingerprint density at radius 2 is 2.05 bits per heavy atom. The number of alkyl halides is 3. The molecule has 6 heteroatoms. The molecular formula is C15H20F3N3. The Labute approximate surface area is 122 Å². The van der Waals surface area contributed by atoms with Gasteiger partial charge in [-0.25, -0.2) is 0 Å². The van der Waals surface area contributed by atoms with E-state index in [2.05, 4.69) is 10.3 Å². The molecule has 0 aromatic carbocycles. The molecule has 0 aliphatic carbocycles. The molecule has 1 aliphatic heterocycles. The Morgan fingerprint density at radius 1 is 1.29 bits per heavy atom. The van der Waals surface area contributed by atoms with E-state index < -0.39 is 11.7 Å². The van der Waals surface area contributed by atoms with Crippen molar-refractivity contribution in [3.8, 4) is 0 Å². The van der Waals surface area contributed by atoms with Crippen LogP contribution in [0.15, 0.2) is 29.8 Å². The van der Waals surface area contributed by atoms with Crippen molar-refractivity contribution in [3.63, 3.8) is 0 Å². The van der Waals surface area contributed by atoms with E-state index in [4.69, 9.17) is 0 Å². The lowest BCUT2D eigenvalue weighted by Crippen LogP contribution is -2.31. The molecule has 1 aromatic heterocycles. The molecule has 0 fully saturated rings. The van der Waals surface area contributed by atoms with E-state index in [1.54, 1.807) is 0 Å². The summed E-state index contributed by atoms with van der Waals surface area (Å²) in [7, 11) is 0. The molecule has 0 unspecified atom stereocenters. The zero-order valence-electron chi connectivity index (χ0n) is 12.1. The molecule has 21 heavy (non-hydrogen) atoms. The summed E-state index contributed by atoms with van der Waals surface area (Å²) in [6, 6.07) is 5.80. The summed E-state index contributed by atoms with van der Waals surface area (Å²) in [4.78, 5) is 6.51. The molecule has 1 aliphatic rings. The van der Waals surface area contributed by atoms with E-state index in [0.29, 0.717) is 26.2 Å². The molecule has 0 amide bonds. The van der Waals surface area contributed by atoms with Crippen molar-refractivity contribution in [2.75, 3.05) is 19.6 Å². The van der Waals surface area contributed by atoms with Crippen LogP contribution in [0.25, 0.3) is 0 Å². The van der Waals surface area contributed by atoms with Crippen LogP contribution in [0.4, 0.5) is 13.2 Å². The maximum absolute atomic E-state index is 12.6. The third-order valence-corrected chi connectivity index (χ3v) is 3.46. The second-order valence-corrected chi connectivity index (χ2v) is 5.11. The van der Waals surface area contributed by atoms with E-state index in [0.717, 1.165) is 17.9 Å². The number of nitrogens with zero attached hydrogens (tertiary/aromatic N) is 2. The smallest absolute Gasteiger partial charge is 0.311 e. The third kappa shape index (κ3) is 4.82. The molecule has 0 saturated heterocycles. The van der Waals surface area contributed by atoms with Gasteiger partial charge >= 0.3 is 6.18 Å². The first-order valence-electron chi connectivity index (χ1n) is 7.13. The van der Waals surface area contributed by atoms with E-state index in [-0.39, 0.29) is 6.42 Å². The van der Waals surface area contributed by atoms with Gasteiger partial charge in [0.2, 0.25) is 0 Å². The van der Waals surface area contributed by atoms with Gasteiger partial charge in [-0.15, -0.1) is 0 Å². The van der Waals surface area contributed by atoms with Gasteiger partial charge in [0.15, 0.2) is 0 Å². The van der Waals surface area contributed by atoms with Crippen LogP contribution in [0.1, 0.15) is 24.7 Å². The van der Waals surface area contributed by atoms with Gasteiger partial charge in [0.1, 0.15) is 0 Å². The molecule has 0 atom stereocenters. The lowest BCUT2D eigenvalue weighted by atomic mass is 10.1. The SMILES string of the molecule is CCNCc1cccc(CN2CC=C(C(F)(F)F)CC2)n1. The first-order valence-corrected chi connectivity index (χ1v) is 7.13. The monoisotopic (exact) mass is 299 g/mol. The number of rotatable bonds is 5. The van der Waals surface area contributed by atoms with Crippen molar-refractivity contribution in [1.82, 2.24) is 15.2 Å². The zero-order chi connectivity index (χ0) is 15.3. The van der Waals surface area contributed by atoms with Gasteiger partial charge in [0.05, 0.1) is 11.4 Å². The Balaban J connectivity index is 1.93. The first-order chi connectivity index (χ1) is 9.99. The average molecular weight is 299 g/mol. The Bertz CT molecular complexity index is 497. The number of halogens is 3. The molecule has 0 radical (unpaired) electrons. The highest BCUT2D eigenvalue weighted by molar-refractivity contribution is 5.15. The van der Waals surface area contributed by atoms with Crippen molar-refractivity contribution in [3.05, 3.63) is 41.2 Å². The van der Waals surface area contributed by atoms with Crippen molar-refractivity contribution in [2.24, 2.45) is 0 Å². The standard InChI is InChI=1S/C15H20F3N3/c1-2-19-10-13-4-3-5-14(20-13)11-21-8-6-12(7-9-21)15(16,17)18/h3-6,19H,2,7-11H2,1H3. The van der Waals surface area contributed by atoms with Crippen LogP contribution in [-0.4, -0.2) is 35.7 Å². The molecule has 3 nitrogen and oxygen atoms in total. The summed E-state index contributed by atoms with van der Waals surface area (Å²) in [5, 5.41) is 3.21. The molecular weight excluding hydrogens is 279 g/mol. The number of hydrogen-bond acceptors (Lipinski definition) is 3. The molecule has 1 aromatic rings. The zero-order valence-corrected chi connectivity index (χ0v) is 12.1. The van der Waals surface area contributed by atoms with E-state index in [1.807, 2.05) is 30.0 Å². The molecule has 0 saturated carbocycles. The number of hydrogen-bond donors (Lipinski definition) is 1. The van der Waals surface area contributed by atoms with Crippen LogP contribution >= 0.6 is 0 Å². The van der Waals surface area contributed by atoms with Crippen molar-refractivity contribution >= 4 is 0 Å². The van der Waals surface area contributed by atoms with Gasteiger partial charge < -0.3 is 5.32 Å². The van der Waals surface area contributed by atoms with Gasteiger partial charge in [-0.3, -0.25) is 9.88 Å². The fraction of sp³-hybridized carbons (Fsp3) is 0.533. The number of pyridine rings is 1. The van der Waals surface area contributed by atoms with Crippen LogP contribution in [0.2, 0.25) is 0 Å². The fourth-order valence-corrected chi connectivity index (χ4v) is 2.31. The Hall–Kier alpha value is -1.40. The molecule has 0 bridgehead atoms. The lowest BCUT2D eigenvalue weighted by Gasteiger charge is -2.26. The molecule has 116 valence electrons. The molecule has 1 N–H and O–H groups in total. The Kier molecular flexibility index (Phi) is 5.36. The van der Waals surface area contributed by atoms with Crippen LogP contribution < -0.4 is 5.32 Å². The van der Waals surface area contributed by atoms with Crippen molar-refractivity contribution < 1.29 is 13.2 Å². The Morgan fingerprint density at radius 3 is 2.67 bits per heavy atom. The summed E-state index contributed by atoms with van der Waals surface area (Å²) in [6.45, 7) is 4.95. The predicted octanol–water partition coefficient (Wildman–Crippen LogP) is 2.89. The van der Waals surface area contributed by atoms with Crippen LogP contribution in [0.3, 0.4) is 0 Å². The third-order valence-electron chi connectivity index (χ3n) is 3.46. The summed E-state index contributed by atoms with van der Waals surface area (Å²) < 4.78 is 37.7. The van der Waals surface area contributed by atoms with Gasteiger partial charge in [-0.05, 0) is 25.1 Å². The maximum Gasteiger partial charge on any atom is 0.412 e. The minimum atomic E-state index is -4.18. The lowest BCUT2D eigenvalue weighted by molar-refractivity contribution is -0.0960. The van der Waals surface area contributed by atoms with E-state index in [1.165, 1.54) is 6.08 Å². The highest BCUT2D eigenvalue weighted by Crippen LogP contribution is 2.30. The number of nitrogens with one attached hydrogen (secondary N) is 1. The van der Waals surface area contributed by atoms with Crippen LogP contribution in [0.5, 0.6) is 0 Å². The molecule has 2 rings (SSSR count).